The number of pyridine rings is 1. The molecule has 86 valence electrons. The Morgan fingerprint density at radius 2 is 1.88 bits per heavy atom. The van der Waals surface area contributed by atoms with Gasteiger partial charge >= 0.3 is 0 Å². The second-order valence-corrected chi connectivity index (χ2v) is 4.30. The molecule has 1 aromatic carbocycles. The van der Waals surface area contributed by atoms with E-state index in [0.717, 1.165) is 22.3 Å². The molecule has 0 bridgehead atoms. The van der Waals surface area contributed by atoms with Gasteiger partial charge in [-0.05, 0) is 49.6 Å². The second kappa shape index (κ2) is 4.50. The lowest BCUT2D eigenvalue weighted by Gasteiger charge is -2.07. The SMILES string of the molecule is Cc1ccnc(C(=O)c2cccc(C)c2C)c1. The lowest BCUT2D eigenvalue weighted by atomic mass is 9.98. The summed E-state index contributed by atoms with van der Waals surface area (Å²) in [6.45, 7) is 5.94. The molecule has 2 heteroatoms. The summed E-state index contributed by atoms with van der Waals surface area (Å²) < 4.78 is 0. The zero-order chi connectivity index (χ0) is 12.4. The third-order valence-corrected chi connectivity index (χ3v) is 3.00. The Hall–Kier alpha value is -1.96. The Morgan fingerprint density at radius 3 is 2.59 bits per heavy atom. The van der Waals surface area contributed by atoms with E-state index in [-0.39, 0.29) is 5.78 Å². The van der Waals surface area contributed by atoms with Crippen LogP contribution in [0.1, 0.15) is 32.7 Å². The van der Waals surface area contributed by atoms with Crippen LogP contribution in [0, 0.1) is 20.8 Å². The van der Waals surface area contributed by atoms with Crippen molar-refractivity contribution >= 4 is 5.78 Å². The molecular formula is C15H15NO. The van der Waals surface area contributed by atoms with Gasteiger partial charge in [0, 0.05) is 11.8 Å². The van der Waals surface area contributed by atoms with Crippen molar-refractivity contribution in [1.82, 2.24) is 4.98 Å². The Labute approximate surface area is 101 Å². The van der Waals surface area contributed by atoms with E-state index in [2.05, 4.69) is 4.98 Å². The van der Waals surface area contributed by atoms with Crippen molar-refractivity contribution in [2.45, 2.75) is 20.8 Å². The van der Waals surface area contributed by atoms with Crippen molar-refractivity contribution in [2.24, 2.45) is 0 Å². The normalized spacial score (nSPS) is 10.3. The fourth-order valence-corrected chi connectivity index (χ4v) is 1.80. The van der Waals surface area contributed by atoms with Gasteiger partial charge in [0.2, 0.25) is 5.78 Å². The number of carbonyl (C=O) groups is 1. The summed E-state index contributed by atoms with van der Waals surface area (Å²) in [6.07, 6.45) is 1.67. The lowest BCUT2D eigenvalue weighted by Crippen LogP contribution is -2.07. The molecule has 0 N–H and O–H groups in total. The summed E-state index contributed by atoms with van der Waals surface area (Å²) in [5.41, 5.74) is 4.46. The maximum absolute atomic E-state index is 12.3. The summed E-state index contributed by atoms with van der Waals surface area (Å²) in [5.74, 6) is -0.00472. The van der Waals surface area contributed by atoms with E-state index in [0.29, 0.717) is 5.69 Å². The van der Waals surface area contributed by atoms with Gasteiger partial charge in [0.15, 0.2) is 0 Å². The number of nitrogens with zero attached hydrogens (tertiary/aromatic N) is 1. The molecule has 2 nitrogen and oxygen atoms in total. The highest BCUT2D eigenvalue weighted by atomic mass is 16.1. The van der Waals surface area contributed by atoms with Crippen molar-refractivity contribution in [1.29, 1.82) is 0 Å². The number of carbonyl (C=O) groups excluding carboxylic acids is 1. The van der Waals surface area contributed by atoms with E-state index in [4.69, 9.17) is 0 Å². The molecule has 0 saturated carbocycles. The van der Waals surface area contributed by atoms with E-state index in [9.17, 15) is 4.79 Å². The van der Waals surface area contributed by atoms with E-state index < -0.39 is 0 Å². The molecule has 0 aliphatic rings. The predicted molar refractivity (Wildman–Crippen MR) is 68.3 cm³/mol. The molecule has 1 aromatic heterocycles. The Kier molecular flexibility index (Phi) is 3.05. The Bertz CT molecular complexity index is 573. The Morgan fingerprint density at radius 1 is 1.12 bits per heavy atom. The predicted octanol–water partition coefficient (Wildman–Crippen LogP) is 3.24. The molecule has 17 heavy (non-hydrogen) atoms. The first-order valence-electron chi connectivity index (χ1n) is 5.63. The standard InChI is InChI=1S/C15H15NO/c1-10-7-8-16-14(9-10)15(17)13-6-4-5-11(2)12(13)3/h4-9H,1-3H3. The van der Waals surface area contributed by atoms with Crippen LogP contribution in [0.15, 0.2) is 36.5 Å². The lowest BCUT2D eigenvalue weighted by molar-refractivity contribution is 0.103. The summed E-state index contributed by atoms with van der Waals surface area (Å²) in [4.78, 5) is 16.4. The van der Waals surface area contributed by atoms with Crippen molar-refractivity contribution in [3.63, 3.8) is 0 Å². The van der Waals surface area contributed by atoms with Crippen LogP contribution in [0.25, 0.3) is 0 Å². The minimum Gasteiger partial charge on any atom is -0.287 e. The highest BCUT2D eigenvalue weighted by Crippen LogP contribution is 2.16. The summed E-state index contributed by atoms with van der Waals surface area (Å²) in [5, 5.41) is 0. The van der Waals surface area contributed by atoms with E-state index in [1.165, 1.54) is 0 Å². The average Bonchev–Trinajstić information content (AvgIpc) is 2.32. The number of aryl methyl sites for hydroxylation is 2. The number of rotatable bonds is 2. The molecule has 0 spiro atoms. The molecule has 0 aliphatic heterocycles. The van der Waals surface area contributed by atoms with Crippen LogP contribution < -0.4 is 0 Å². The van der Waals surface area contributed by atoms with Gasteiger partial charge in [0.05, 0.1) is 0 Å². The molecule has 0 unspecified atom stereocenters. The van der Waals surface area contributed by atoms with E-state index in [1.807, 2.05) is 51.1 Å². The number of hydrogen-bond acceptors (Lipinski definition) is 2. The zero-order valence-electron chi connectivity index (χ0n) is 10.3. The quantitative estimate of drug-likeness (QED) is 0.734. The monoisotopic (exact) mass is 225 g/mol. The van der Waals surface area contributed by atoms with Gasteiger partial charge in [0.25, 0.3) is 0 Å². The smallest absolute Gasteiger partial charge is 0.211 e. The van der Waals surface area contributed by atoms with Crippen LogP contribution in [-0.2, 0) is 0 Å². The summed E-state index contributed by atoms with van der Waals surface area (Å²) >= 11 is 0. The van der Waals surface area contributed by atoms with Crippen LogP contribution in [0.3, 0.4) is 0 Å². The summed E-state index contributed by atoms with van der Waals surface area (Å²) in [6, 6.07) is 9.49. The van der Waals surface area contributed by atoms with E-state index in [1.54, 1.807) is 6.20 Å². The number of hydrogen-bond donors (Lipinski definition) is 0. The average molecular weight is 225 g/mol. The van der Waals surface area contributed by atoms with Crippen molar-refractivity contribution in [2.75, 3.05) is 0 Å². The molecule has 0 saturated heterocycles. The van der Waals surface area contributed by atoms with Gasteiger partial charge in [-0.25, -0.2) is 0 Å². The first-order chi connectivity index (χ1) is 8.09. The van der Waals surface area contributed by atoms with Crippen LogP contribution >= 0.6 is 0 Å². The number of benzene rings is 1. The van der Waals surface area contributed by atoms with Gasteiger partial charge < -0.3 is 0 Å². The number of aromatic nitrogens is 1. The topological polar surface area (TPSA) is 30.0 Å². The van der Waals surface area contributed by atoms with Crippen molar-refractivity contribution in [3.8, 4) is 0 Å². The summed E-state index contributed by atoms with van der Waals surface area (Å²) in [7, 11) is 0. The van der Waals surface area contributed by atoms with Crippen LogP contribution in [0.2, 0.25) is 0 Å². The maximum Gasteiger partial charge on any atom is 0.211 e. The van der Waals surface area contributed by atoms with E-state index >= 15 is 0 Å². The highest BCUT2D eigenvalue weighted by Gasteiger charge is 2.13. The maximum atomic E-state index is 12.3. The van der Waals surface area contributed by atoms with Crippen molar-refractivity contribution in [3.05, 3.63) is 64.5 Å². The molecular weight excluding hydrogens is 210 g/mol. The minimum absolute atomic E-state index is 0.00472. The van der Waals surface area contributed by atoms with Gasteiger partial charge in [-0.1, -0.05) is 18.2 Å². The first-order valence-corrected chi connectivity index (χ1v) is 5.63. The highest BCUT2D eigenvalue weighted by molar-refractivity contribution is 6.08. The van der Waals surface area contributed by atoms with Crippen LogP contribution in [0.5, 0.6) is 0 Å². The molecule has 0 amide bonds. The van der Waals surface area contributed by atoms with Crippen LogP contribution in [-0.4, -0.2) is 10.8 Å². The fourth-order valence-electron chi connectivity index (χ4n) is 1.80. The number of ketones is 1. The molecule has 2 aromatic rings. The molecule has 0 atom stereocenters. The third-order valence-electron chi connectivity index (χ3n) is 3.00. The van der Waals surface area contributed by atoms with Gasteiger partial charge in [0.1, 0.15) is 5.69 Å². The third kappa shape index (κ3) is 2.26. The minimum atomic E-state index is -0.00472. The Balaban J connectivity index is 2.48. The second-order valence-electron chi connectivity index (χ2n) is 4.30. The fraction of sp³-hybridized carbons (Fsp3) is 0.200. The van der Waals surface area contributed by atoms with Gasteiger partial charge in [-0.2, -0.15) is 0 Å². The van der Waals surface area contributed by atoms with Crippen LogP contribution in [0.4, 0.5) is 0 Å². The first kappa shape index (κ1) is 11.5. The molecule has 0 radical (unpaired) electrons. The molecule has 1 heterocycles. The van der Waals surface area contributed by atoms with Gasteiger partial charge in [-0.3, -0.25) is 9.78 Å². The largest absolute Gasteiger partial charge is 0.287 e. The van der Waals surface area contributed by atoms with Crippen molar-refractivity contribution < 1.29 is 4.79 Å². The zero-order valence-corrected chi connectivity index (χ0v) is 10.3. The molecule has 0 fully saturated rings. The molecule has 0 aliphatic carbocycles. The van der Waals surface area contributed by atoms with Gasteiger partial charge in [-0.15, -0.1) is 0 Å². The molecule has 2 rings (SSSR count).